The summed E-state index contributed by atoms with van der Waals surface area (Å²) in [5.74, 6) is 0.890. The van der Waals surface area contributed by atoms with E-state index in [1.807, 2.05) is 0 Å². The van der Waals surface area contributed by atoms with Gasteiger partial charge in [0.05, 0.1) is 26.4 Å². The van der Waals surface area contributed by atoms with Crippen LogP contribution in [0.5, 0.6) is 0 Å². The van der Waals surface area contributed by atoms with Crippen molar-refractivity contribution in [3.8, 4) is 0 Å². The molecule has 0 aromatic heterocycles. The number of unbranched alkanes of at least 4 members (excludes halogenated alkanes) is 35. The molecular formula is C73H142O17P2. The molecule has 0 aliphatic rings. The molecule has 92 heavy (non-hydrogen) atoms. The first kappa shape index (κ1) is 90.1. The molecule has 0 aromatic rings. The molecule has 0 bridgehead atoms. The molecule has 6 atom stereocenters. The van der Waals surface area contributed by atoms with E-state index in [1.54, 1.807) is 0 Å². The molecular weight excluding hydrogens is 1210 g/mol. The van der Waals surface area contributed by atoms with Crippen molar-refractivity contribution in [2.24, 2.45) is 23.7 Å². The third kappa shape index (κ3) is 65.4. The Morgan fingerprint density at radius 2 is 0.522 bits per heavy atom. The highest BCUT2D eigenvalue weighted by molar-refractivity contribution is 7.47. The van der Waals surface area contributed by atoms with E-state index < -0.39 is 97.5 Å². The van der Waals surface area contributed by atoms with Gasteiger partial charge in [-0.05, 0) is 49.4 Å². The summed E-state index contributed by atoms with van der Waals surface area (Å²) < 4.78 is 68.4. The Kier molecular flexibility index (Phi) is 61.3. The van der Waals surface area contributed by atoms with Crippen molar-refractivity contribution >= 4 is 39.5 Å². The van der Waals surface area contributed by atoms with Gasteiger partial charge in [-0.2, -0.15) is 0 Å². The van der Waals surface area contributed by atoms with E-state index >= 15 is 0 Å². The van der Waals surface area contributed by atoms with Crippen LogP contribution in [-0.2, 0) is 65.4 Å². The van der Waals surface area contributed by atoms with Crippen LogP contribution in [0, 0.1) is 23.7 Å². The maximum atomic E-state index is 13.1. The van der Waals surface area contributed by atoms with Gasteiger partial charge in [-0.25, -0.2) is 9.13 Å². The molecule has 0 saturated carbocycles. The molecule has 0 saturated heterocycles. The molecule has 3 N–H and O–H groups in total. The molecule has 0 amide bonds. The van der Waals surface area contributed by atoms with Crippen molar-refractivity contribution in [3.63, 3.8) is 0 Å². The van der Waals surface area contributed by atoms with Crippen LogP contribution in [0.3, 0.4) is 0 Å². The Morgan fingerprint density at radius 3 is 0.772 bits per heavy atom. The summed E-state index contributed by atoms with van der Waals surface area (Å²) in [6.45, 7) is 14.1. The smallest absolute Gasteiger partial charge is 0.462 e. The lowest BCUT2D eigenvalue weighted by Gasteiger charge is -2.21. The van der Waals surface area contributed by atoms with Gasteiger partial charge in [0, 0.05) is 25.7 Å². The summed E-state index contributed by atoms with van der Waals surface area (Å²) in [5.41, 5.74) is 0. The number of carbonyl (C=O) groups is 4. The second kappa shape index (κ2) is 62.6. The number of phosphoric ester groups is 2. The molecule has 17 nitrogen and oxygen atoms in total. The number of hydrogen-bond acceptors (Lipinski definition) is 15. The predicted molar refractivity (Wildman–Crippen MR) is 372 cm³/mol. The SMILES string of the molecule is CCC(C)CCCCCCCCCCC(=O)O[C@H](COC(=O)CCCCCCCCC(C)C)COP(=O)(O)OC[C@H](O)COP(=O)(O)OC[C@@H](COC(=O)CCCCCCCCCCCCCCC(C)C)OC(=O)CCCCCCCCCCCCCCCC(C)C. The van der Waals surface area contributed by atoms with Gasteiger partial charge < -0.3 is 33.8 Å². The first-order valence-electron chi connectivity index (χ1n) is 37.7. The maximum Gasteiger partial charge on any atom is 0.472 e. The fraction of sp³-hybridized carbons (Fsp3) is 0.945. The van der Waals surface area contributed by atoms with Crippen molar-refractivity contribution in [3.05, 3.63) is 0 Å². The topological polar surface area (TPSA) is 237 Å². The zero-order chi connectivity index (χ0) is 68.2. The van der Waals surface area contributed by atoms with Crippen LogP contribution in [0.2, 0.25) is 0 Å². The molecule has 3 unspecified atom stereocenters. The first-order chi connectivity index (χ1) is 44.1. The van der Waals surface area contributed by atoms with E-state index in [2.05, 4.69) is 55.4 Å². The zero-order valence-corrected chi connectivity index (χ0v) is 62.0. The van der Waals surface area contributed by atoms with Crippen LogP contribution in [-0.4, -0.2) is 96.7 Å². The summed E-state index contributed by atoms with van der Waals surface area (Å²) in [6.07, 6.45) is 45.9. The van der Waals surface area contributed by atoms with E-state index in [0.717, 1.165) is 114 Å². The Balaban J connectivity index is 5.25. The minimum absolute atomic E-state index is 0.104. The summed E-state index contributed by atoms with van der Waals surface area (Å²) in [7, 11) is -9.91. The quantitative estimate of drug-likeness (QED) is 0.0222. The van der Waals surface area contributed by atoms with Crippen LogP contribution < -0.4 is 0 Å². The number of ether oxygens (including phenoxy) is 4. The van der Waals surface area contributed by atoms with Crippen LogP contribution in [0.1, 0.15) is 364 Å². The van der Waals surface area contributed by atoms with Gasteiger partial charge >= 0.3 is 39.5 Å². The highest BCUT2D eigenvalue weighted by Gasteiger charge is 2.30. The van der Waals surface area contributed by atoms with Crippen LogP contribution >= 0.6 is 15.6 Å². The van der Waals surface area contributed by atoms with E-state index in [4.69, 9.17) is 37.0 Å². The lowest BCUT2D eigenvalue weighted by atomic mass is 9.99. The molecule has 0 spiro atoms. The first-order valence-corrected chi connectivity index (χ1v) is 40.7. The Morgan fingerprint density at radius 1 is 0.304 bits per heavy atom. The minimum atomic E-state index is -4.96. The normalized spacial score (nSPS) is 14.5. The third-order valence-corrected chi connectivity index (χ3v) is 19.1. The number of aliphatic hydroxyl groups is 1. The average molecular weight is 1350 g/mol. The van der Waals surface area contributed by atoms with Gasteiger partial charge in [0.15, 0.2) is 12.2 Å². The third-order valence-electron chi connectivity index (χ3n) is 17.2. The van der Waals surface area contributed by atoms with Gasteiger partial charge in [0.2, 0.25) is 0 Å². The lowest BCUT2D eigenvalue weighted by Crippen LogP contribution is -2.30. The highest BCUT2D eigenvalue weighted by atomic mass is 31.2. The van der Waals surface area contributed by atoms with E-state index in [9.17, 15) is 43.2 Å². The Labute approximate surface area is 562 Å². The van der Waals surface area contributed by atoms with Gasteiger partial charge in [-0.3, -0.25) is 37.3 Å². The fourth-order valence-electron chi connectivity index (χ4n) is 11.0. The molecule has 546 valence electrons. The van der Waals surface area contributed by atoms with Crippen molar-refractivity contribution in [2.45, 2.75) is 382 Å². The molecule has 0 radical (unpaired) electrons. The number of phosphoric acid groups is 2. The number of esters is 4. The largest absolute Gasteiger partial charge is 0.472 e. The molecule has 0 fully saturated rings. The van der Waals surface area contributed by atoms with Gasteiger partial charge in [-0.15, -0.1) is 0 Å². The van der Waals surface area contributed by atoms with Gasteiger partial charge in [0.25, 0.3) is 0 Å². The van der Waals surface area contributed by atoms with E-state index in [1.165, 1.54) is 161 Å². The lowest BCUT2D eigenvalue weighted by molar-refractivity contribution is -0.161. The number of carbonyl (C=O) groups excluding carboxylic acids is 4. The van der Waals surface area contributed by atoms with Crippen LogP contribution in [0.15, 0.2) is 0 Å². The summed E-state index contributed by atoms with van der Waals surface area (Å²) in [5, 5.41) is 10.6. The Bertz CT molecular complexity index is 1820. The summed E-state index contributed by atoms with van der Waals surface area (Å²) in [6, 6.07) is 0. The molecule has 0 aromatic carbocycles. The highest BCUT2D eigenvalue weighted by Crippen LogP contribution is 2.45. The summed E-state index contributed by atoms with van der Waals surface area (Å²) >= 11 is 0. The minimum Gasteiger partial charge on any atom is -0.462 e. The second-order valence-electron chi connectivity index (χ2n) is 28.0. The van der Waals surface area contributed by atoms with Crippen LogP contribution in [0.4, 0.5) is 0 Å². The number of aliphatic hydroxyl groups excluding tert-OH is 1. The van der Waals surface area contributed by atoms with Crippen LogP contribution in [0.25, 0.3) is 0 Å². The van der Waals surface area contributed by atoms with E-state index in [-0.39, 0.29) is 25.7 Å². The fourth-order valence-corrected chi connectivity index (χ4v) is 12.6. The zero-order valence-electron chi connectivity index (χ0n) is 60.2. The molecule has 0 aliphatic heterocycles. The number of rotatable bonds is 70. The van der Waals surface area contributed by atoms with Gasteiger partial charge in [-0.1, -0.05) is 312 Å². The van der Waals surface area contributed by atoms with E-state index in [0.29, 0.717) is 31.6 Å². The number of hydrogen-bond donors (Lipinski definition) is 3. The molecule has 0 rings (SSSR count). The van der Waals surface area contributed by atoms with Crippen molar-refractivity contribution in [1.29, 1.82) is 0 Å². The maximum absolute atomic E-state index is 13.1. The second-order valence-corrected chi connectivity index (χ2v) is 30.9. The standard InChI is InChI=1S/C73H142O17P2/c1-9-66(8)52-44-36-27-23-24-30-40-48-56-73(78)90-69(60-84-71(76)54-46-38-32-31-35-43-51-65(6)7)62-88-92(81,82)86-58-67(74)57-85-91(79,80)87-61-68(59-83-70(75)53-45-37-28-21-17-14-13-16-20-26-34-42-50-64(4)5)89-72(77)55-47-39-29-22-18-12-10-11-15-19-25-33-41-49-63(2)3/h63-69,74H,9-62H2,1-8H3,(H,79,80)(H,81,82)/t66?,67-,68-,69-/m1/s1. The van der Waals surface area contributed by atoms with Crippen molar-refractivity contribution in [2.75, 3.05) is 39.6 Å². The van der Waals surface area contributed by atoms with Crippen molar-refractivity contribution in [1.82, 2.24) is 0 Å². The average Bonchev–Trinajstić information content (AvgIpc) is 2.32. The summed E-state index contributed by atoms with van der Waals surface area (Å²) in [4.78, 5) is 72.7. The molecule has 19 heteroatoms. The Hall–Kier alpha value is -1.94. The predicted octanol–water partition coefficient (Wildman–Crippen LogP) is 20.9. The monoisotopic (exact) mass is 1350 g/mol. The molecule has 0 heterocycles. The van der Waals surface area contributed by atoms with Gasteiger partial charge in [0.1, 0.15) is 19.3 Å². The molecule has 0 aliphatic carbocycles. The van der Waals surface area contributed by atoms with Crippen molar-refractivity contribution < 1.29 is 80.2 Å².